The summed E-state index contributed by atoms with van der Waals surface area (Å²) in [6.07, 6.45) is 3.78. The average molecular weight is 622 g/mol. The highest BCUT2D eigenvalue weighted by atomic mass is 79.9. The zero-order valence-electron chi connectivity index (χ0n) is 19.5. The van der Waals surface area contributed by atoms with Crippen LogP contribution in [0.5, 0.6) is 5.75 Å². The van der Waals surface area contributed by atoms with E-state index >= 15 is 0 Å². The molecule has 7 heteroatoms. The van der Waals surface area contributed by atoms with Gasteiger partial charge in [-0.2, -0.15) is 0 Å². The van der Waals surface area contributed by atoms with Crippen molar-refractivity contribution < 1.29 is 4.74 Å². The second-order valence-corrected chi connectivity index (χ2v) is 11.5. The highest BCUT2D eigenvalue weighted by Gasteiger charge is 2.32. The number of thiazole rings is 1. The number of nitrogens with zero attached hydrogens (tertiary/aromatic N) is 2. The molecular formula is C29H22Br2N2O2S. The van der Waals surface area contributed by atoms with Crippen LogP contribution in [0.25, 0.3) is 11.8 Å². The van der Waals surface area contributed by atoms with Gasteiger partial charge < -0.3 is 4.74 Å². The van der Waals surface area contributed by atoms with Crippen LogP contribution in [0, 0.1) is 0 Å². The molecule has 36 heavy (non-hydrogen) atoms. The van der Waals surface area contributed by atoms with Crippen molar-refractivity contribution in [2.45, 2.75) is 25.8 Å². The minimum Gasteiger partial charge on any atom is -0.492 e. The van der Waals surface area contributed by atoms with Gasteiger partial charge >= 0.3 is 0 Å². The molecule has 4 nitrogen and oxygen atoms in total. The summed E-state index contributed by atoms with van der Waals surface area (Å²) in [6, 6.07) is 22.6. The lowest BCUT2D eigenvalue weighted by atomic mass is 9.83. The molecule has 0 fully saturated rings. The second-order valence-electron chi connectivity index (χ2n) is 8.77. The summed E-state index contributed by atoms with van der Waals surface area (Å²) in [5, 5.41) is 0. The molecule has 0 amide bonds. The predicted octanol–water partition coefficient (Wildman–Crippen LogP) is 6.24. The van der Waals surface area contributed by atoms with E-state index in [0.717, 1.165) is 49.2 Å². The molecule has 180 valence electrons. The molecule has 6 rings (SSSR count). The summed E-state index contributed by atoms with van der Waals surface area (Å²) in [5.74, 6) is 0.756. The van der Waals surface area contributed by atoms with Crippen molar-refractivity contribution in [3.63, 3.8) is 0 Å². The Bertz CT molecular complexity index is 1680. The molecule has 0 N–H and O–H groups in total. The molecule has 1 aromatic heterocycles. The second kappa shape index (κ2) is 9.61. The Morgan fingerprint density at radius 1 is 1.06 bits per heavy atom. The fraction of sp³-hybridized carbons (Fsp3) is 0.172. The summed E-state index contributed by atoms with van der Waals surface area (Å²) in [4.78, 5) is 19.7. The van der Waals surface area contributed by atoms with Crippen LogP contribution in [0.15, 0.2) is 91.0 Å². The fourth-order valence-electron chi connectivity index (χ4n) is 5.05. The van der Waals surface area contributed by atoms with Crippen molar-refractivity contribution in [2.24, 2.45) is 4.99 Å². The van der Waals surface area contributed by atoms with Crippen LogP contribution in [0.4, 0.5) is 0 Å². The maximum Gasteiger partial charge on any atom is 0.271 e. The van der Waals surface area contributed by atoms with Crippen LogP contribution in [-0.2, 0) is 6.42 Å². The normalized spacial score (nSPS) is 16.8. The Morgan fingerprint density at radius 2 is 1.78 bits per heavy atom. The number of ether oxygens (including phenoxy) is 1. The van der Waals surface area contributed by atoms with E-state index in [2.05, 4.69) is 68.3 Å². The van der Waals surface area contributed by atoms with Crippen molar-refractivity contribution in [3.8, 4) is 5.75 Å². The number of benzene rings is 3. The van der Waals surface area contributed by atoms with Gasteiger partial charge in [-0.25, -0.2) is 4.99 Å². The van der Waals surface area contributed by atoms with Crippen molar-refractivity contribution in [1.82, 2.24) is 4.57 Å². The Balaban J connectivity index is 1.57. The number of halogens is 2. The monoisotopic (exact) mass is 620 g/mol. The lowest BCUT2D eigenvalue weighted by Crippen LogP contribution is -2.38. The van der Waals surface area contributed by atoms with Crippen LogP contribution < -0.4 is 19.6 Å². The van der Waals surface area contributed by atoms with Crippen molar-refractivity contribution in [1.29, 1.82) is 0 Å². The lowest BCUT2D eigenvalue weighted by Gasteiger charge is -2.30. The molecule has 1 atom stereocenters. The van der Waals surface area contributed by atoms with Crippen molar-refractivity contribution in [3.05, 3.63) is 123 Å². The van der Waals surface area contributed by atoms with Gasteiger partial charge in [0.25, 0.3) is 5.56 Å². The van der Waals surface area contributed by atoms with Gasteiger partial charge in [-0.1, -0.05) is 65.9 Å². The molecule has 1 aliphatic carbocycles. The molecule has 0 saturated heterocycles. The molecule has 4 aromatic rings. The third-order valence-corrected chi connectivity index (χ3v) is 8.76. The van der Waals surface area contributed by atoms with Crippen LogP contribution in [-0.4, -0.2) is 11.2 Å². The minimum absolute atomic E-state index is 0.0147. The average Bonchev–Trinajstić information content (AvgIpc) is 3.19. The van der Waals surface area contributed by atoms with Gasteiger partial charge in [0.2, 0.25) is 0 Å². The number of aromatic nitrogens is 1. The van der Waals surface area contributed by atoms with E-state index in [9.17, 15) is 4.79 Å². The SMILES string of the molecule is CCOc1c(Br)cc(/C=c2\sc3n(c2=O)[C@H](c2ccccc2)C2=C(N=3)c3ccccc3CC2)cc1Br. The van der Waals surface area contributed by atoms with Crippen molar-refractivity contribution in [2.75, 3.05) is 6.61 Å². The zero-order chi connectivity index (χ0) is 24.8. The summed E-state index contributed by atoms with van der Waals surface area (Å²) in [5.41, 5.74) is 6.73. The van der Waals surface area contributed by atoms with E-state index in [4.69, 9.17) is 9.73 Å². The highest BCUT2D eigenvalue weighted by Crippen LogP contribution is 2.41. The smallest absolute Gasteiger partial charge is 0.271 e. The molecule has 2 aliphatic rings. The standard InChI is InChI=1S/C29H22Br2N2O2S/c1-2-35-27-22(30)14-17(15-23(27)31)16-24-28(34)33-26(19-9-4-3-5-10-19)21-13-12-18-8-6-7-11-20(18)25(21)32-29(33)36-24/h3-11,14-16,26H,2,12-13H2,1H3/b24-16-/t26-/m1/s1. The quantitative estimate of drug-likeness (QED) is 0.271. The molecule has 2 heterocycles. The highest BCUT2D eigenvalue weighted by molar-refractivity contribution is 9.11. The van der Waals surface area contributed by atoms with Gasteiger partial charge in [0.15, 0.2) is 4.80 Å². The molecule has 0 saturated carbocycles. The van der Waals surface area contributed by atoms with Crippen LogP contribution in [0.3, 0.4) is 0 Å². The predicted molar refractivity (Wildman–Crippen MR) is 152 cm³/mol. The molecule has 0 bridgehead atoms. The van der Waals surface area contributed by atoms with E-state index in [0.29, 0.717) is 11.1 Å². The third kappa shape index (κ3) is 4.03. The molecule has 0 radical (unpaired) electrons. The van der Waals surface area contributed by atoms with Crippen LogP contribution >= 0.6 is 43.2 Å². The topological polar surface area (TPSA) is 43.6 Å². The minimum atomic E-state index is -0.160. The number of fused-ring (bicyclic) bond motifs is 3. The van der Waals surface area contributed by atoms with E-state index < -0.39 is 0 Å². The first-order chi connectivity index (χ1) is 17.5. The van der Waals surface area contributed by atoms with E-state index in [-0.39, 0.29) is 11.6 Å². The molecule has 0 spiro atoms. The first kappa shape index (κ1) is 23.6. The molecular weight excluding hydrogens is 600 g/mol. The Morgan fingerprint density at radius 3 is 2.53 bits per heavy atom. The number of allylic oxidation sites excluding steroid dienone is 1. The summed E-state index contributed by atoms with van der Waals surface area (Å²) >= 11 is 8.65. The summed E-state index contributed by atoms with van der Waals surface area (Å²) in [7, 11) is 0. The fourth-order valence-corrected chi connectivity index (χ4v) is 7.51. The number of hydrogen-bond acceptors (Lipinski definition) is 4. The Hall–Kier alpha value is -2.74. The first-order valence-corrected chi connectivity index (χ1v) is 14.2. The van der Waals surface area contributed by atoms with E-state index in [1.165, 1.54) is 28.0 Å². The van der Waals surface area contributed by atoms with Gasteiger partial charge in [-0.3, -0.25) is 9.36 Å². The van der Waals surface area contributed by atoms with Crippen LogP contribution in [0.1, 0.15) is 41.6 Å². The maximum atomic E-state index is 13.9. The largest absolute Gasteiger partial charge is 0.492 e. The molecule has 1 aliphatic heterocycles. The van der Waals surface area contributed by atoms with Crippen LogP contribution in [0.2, 0.25) is 0 Å². The van der Waals surface area contributed by atoms with Gasteiger partial charge in [0.05, 0.1) is 31.8 Å². The van der Waals surface area contributed by atoms with Gasteiger partial charge in [0, 0.05) is 5.56 Å². The molecule has 3 aromatic carbocycles. The van der Waals surface area contributed by atoms with E-state index in [1.54, 1.807) is 0 Å². The Kier molecular flexibility index (Phi) is 6.32. The maximum absolute atomic E-state index is 13.9. The third-order valence-electron chi connectivity index (χ3n) is 6.60. The zero-order valence-corrected chi connectivity index (χ0v) is 23.5. The van der Waals surface area contributed by atoms with Gasteiger partial charge in [-0.05, 0) is 92.1 Å². The number of rotatable bonds is 4. The summed E-state index contributed by atoms with van der Waals surface area (Å²) in [6.45, 7) is 2.52. The van der Waals surface area contributed by atoms with Crippen molar-refractivity contribution >= 4 is 55.0 Å². The molecule has 0 unspecified atom stereocenters. The summed E-state index contributed by atoms with van der Waals surface area (Å²) < 4.78 is 9.94. The first-order valence-electron chi connectivity index (χ1n) is 11.8. The van der Waals surface area contributed by atoms with Gasteiger partial charge in [-0.15, -0.1) is 0 Å². The number of aryl methyl sites for hydroxylation is 1. The Labute approximate surface area is 229 Å². The number of hydrogen-bond donors (Lipinski definition) is 0. The van der Waals surface area contributed by atoms with Gasteiger partial charge in [0.1, 0.15) is 5.75 Å². The van der Waals surface area contributed by atoms with E-state index in [1.807, 2.05) is 47.9 Å². The lowest BCUT2D eigenvalue weighted by molar-refractivity contribution is 0.336.